The second-order valence-electron chi connectivity index (χ2n) is 26.7. The first-order valence-corrected chi connectivity index (χ1v) is 43.0. The Balaban J connectivity index is 2.12. The molecule has 0 amide bonds. The molecule has 18 N–H and O–H groups in total. The number of aliphatic hydroxyl groups is 8. The van der Waals surface area contributed by atoms with E-state index in [0.29, 0.717) is 12.8 Å². The molecule has 0 spiro atoms. The lowest BCUT2D eigenvalue weighted by Crippen LogP contribution is -2.62. The molecule has 2 rings (SSSR count). The fourth-order valence-corrected chi connectivity index (χ4v) is 13.2. The van der Waals surface area contributed by atoms with Crippen molar-refractivity contribution < 1.29 is 181 Å². The maximum atomic E-state index is 13.3. The largest absolute Gasteiger partial charge is 0.472 e. The van der Waals surface area contributed by atoms with Crippen molar-refractivity contribution in [2.75, 3.05) is 79.3 Å². The van der Waals surface area contributed by atoms with E-state index in [1.807, 2.05) is 0 Å². The van der Waals surface area contributed by atoms with Gasteiger partial charge in [0.2, 0.25) is 0 Å². The lowest BCUT2D eigenvalue weighted by Gasteiger charge is -2.43. The molecule has 2 aliphatic rings. The van der Waals surface area contributed by atoms with Gasteiger partial charge >= 0.3 is 61.1 Å². The van der Waals surface area contributed by atoms with E-state index in [4.69, 9.17) is 92.1 Å². The quantitative estimate of drug-likeness (QED) is 0.0179. The van der Waals surface area contributed by atoms with Crippen LogP contribution in [0, 0.1) is 0 Å². The molecule has 0 radical (unpaired) electrons. The minimum absolute atomic E-state index is 0.0514. The third-order valence-electron chi connectivity index (χ3n) is 16.5. The number of nitrogens with two attached hydrogens (primary N) is 3. The normalized spacial score (nSPS) is 24.8. The molecule has 0 saturated carbocycles. The number of phosphoric ester groups is 4. The number of hydrogen-bond acceptors (Lipinski definition) is 37. The topological polar surface area (TPSA) is 631 Å². The number of aliphatic hydroxyl groups excluding tert-OH is 8. The maximum Gasteiger partial charge on any atom is 0.472 e. The molecular formula is C64H123N3O38P4. The number of phosphoric acid groups is 4. The highest BCUT2D eigenvalue weighted by Crippen LogP contribution is 2.48. The van der Waals surface area contributed by atoms with Crippen LogP contribution in [-0.2, 0) is 121 Å². The van der Waals surface area contributed by atoms with Crippen molar-refractivity contribution in [1.82, 2.24) is 0 Å². The standard InChI is InChI=1S/C64H123N3O38P4/c1-6-8-10-12-14-16-18-20-22-24-26-28-52(70)89-32-46(100-53(71)29-27-25-23-21-19-17-15-13-11-9-7-2)33-90-63-58(76)56(74)54(72)50(104-63)40-91-64-59(77)57(75)55(73)51(105-64)41-99-109(87,88)98-39-49(103-62(80)44(5)67)38-97-108(85,86)96-37-48(102-61(79)43(4)66)36-95-107(83,84)94-35-47(101-60(78)42(3)65)34-93-106(81,82)92-31-45(69)30-68/h42-51,54-59,63-64,68-69,72-77H,6-41,65-67H2,1-5H3,(H,81,82)(H,83,84)(H,85,86)(H,87,88)/t42-,43-,44-,45+,46?,47+,48+,49+,50-,51-,54-,55-,56+,57+,58-,59-,63-,64-/m1/s1. The Bertz CT molecular complexity index is 2740. The third kappa shape index (κ3) is 45.9. The first-order valence-electron chi connectivity index (χ1n) is 37.0. The van der Waals surface area contributed by atoms with E-state index in [0.717, 1.165) is 71.6 Å². The van der Waals surface area contributed by atoms with Gasteiger partial charge < -0.3 is 120 Å². The number of ether oxygens (including phenoxy) is 9. The molecule has 2 saturated heterocycles. The van der Waals surface area contributed by atoms with E-state index in [9.17, 15) is 97.6 Å². The summed E-state index contributed by atoms with van der Waals surface area (Å²) < 4.78 is 139. The summed E-state index contributed by atoms with van der Waals surface area (Å²) in [6.07, 6.45) is -4.42. The van der Waals surface area contributed by atoms with Crippen molar-refractivity contribution in [3.63, 3.8) is 0 Å². The number of unbranched alkanes of at least 4 members (excludes halogenated alkanes) is 20. The summed E-state index contributed by atoms with van der Waals surface area (Å²) in [5, 5.41) is 83.9. The van der Waals surface area contributed by atoms with Crippen molar-refractivity contribution in [2.45, 2.75) is 299 Å². The molecular weight excluding hydrogens is 1540 g/mol. The smallest absolute Gasteiger partial charge is 0.462 e. The van der Waals surface area contributed by atoms with Crippen molar-refractivity contribution in [2.24, 2.45) is 17.2 Å². The Hall–Kier alpha value is -2.81. The lowest BCUT2D eigenvalue weighted by molar-refractivity contribution is -0.332. The minimum atomic E-state index is -5.48. The van der Waals surface area contributed by atoms with Gasteiger partial charge in [0.25, 0.3) is 0 Å². The van der Waals surface area contributed by atoms with Gasteiger partial charge in [0, 0.05) is 12.8 Å². The third-order valence-corrected chi connectivity index (χ3v) is 20.3. The van der Waals surface area contributed by atoms with Gasteiger partial charge in [0.15, 0.2) is 18.7 Å². The van der Waals surface area contributed by atoms with Crippen LogP contribution < -0.4 is 17.2 Å². The molecule has 0 bridgehead atoms. The summed E-state index contributed by atoms with van der Waals surface area (Å²) >= 11 is 0. The summed E-state index contributed by atoms with van der Waals surface area (Å²) in [6, 6.07) is -4.13. The highest BCUT2D eigenvalue weighted by atomic mass is 31.2. The summed E-state index contributed by atoms with van der Waals surface area (Å²) in [5.74, 6) is -4.80. The Morgan fingerprint density at radius 2 is 0.661 bits per heavy atom. The molecule has 2 aliphatic heterocycles. The minimum Gasteiger partial charge on any atom is -0.462 e. The van der Waals surface area contributed by atoms with E-state index < -0.39 is 250 Å². The zero-order chi connectivity index (χ0) is 81.8. The van der Waals surface area contributed by atoms with Crippen molar-refractivity contribution in [1.29, 1.82) is 0 Å². The number of carbonyl (C=O) groups excluding carboxylic acids is 5. The molecule has 45 heteroatoms. The molecule has 0 aromatic carbocycles. The van der Waals surface area contributed by atoms with Crippen LogP contribution >= 0.6 is 31.3 Å². The summed E-state index contributed by atoms with van der Waals surface area (Å²) in [5.41, 5.74) is 16.6. The van der Waals surface area contributed by atoms with Crippen LogP contribution in [-0.4, -0.2) is 280 Å². The Kier molecular flexibility index (Phi) is 52.3. The average Bonchev–Trinajstić information content (AvgIpc) is 0.806. The number of rotatable bonds is 64. The Labute approximate surface area is 635 Å². The lowest BCUT2D eigenvalue weighted by atomic mass is 9.98. The van der Waals surface area contributed by atoms with Gasteiger partial charge in [-0.2, -0.15) is 0 Å². The van der Waals surface area contributed by atoms with Gasteiger partial charge in [-0.25, -0.2) is 18.3 Å². The van der Waals surface area contributed by atoms with Crippen LogP contribution in [0.2, 0.25) is 0 Å². The first kappa shape index (κ1) is 102. The van der Waals surface area contributed by atoms with E-state index in [1.54, 1.807) is 0 Å². The van der Waals surface area contributed by atoms with Crippen molar-refractivity contribution >= 4 is 61.1 Å². The molecule has 2 heterocycles. The van der Waals surface area contributed by atoms with E-state index in [-0.39, 0.29) is 12.8 Å². The predicted molar refractivity (Wildman–Crippen MR) is 379 cm³/mol. The Morgan fingerprint density at radius 3 is 1.00 bits per heavy atom. The van der Waals surface area contributed by atoms with Gasteiger partial charge in [-0.05, 0) is 33.6 Å². The first-order chi connectivity index (χ1) is 51.3. The van der Waals surface area contributed by atoms with E-state index in [1.165, 1.54) is 77.6 Å². The van der Waals surface area contributed by atoms with Gasteiger partial charge in [-0.15, -0.1) is 0 Å². The number of hydrogen-bond donors (Lipinski definition) is 15. The number of carbonyl (C=O) groups is 5. The molecule has 0 aromatic rings. The fraction of sp³-hybridized carbons (Fsp3) is 0.922. The summed E-state index contributed by atoms with van der Waals surface area (Å²) in [6.45, 7) is -4.10. The van der Waals surface area contributed by atoms with Crippen molar-refractivity contribution in [3.8, 4) is 0 Å². The monoisotopic (exact) mass is 1670 g/mol. The van der Waals surface area contributed by atoms with Gasteiger partial charge in [0.05, 0.1) is 72.7 Å². The summed E-state index contributed by atoms with van der Waals surface area (Å²) in [4.78, 5) is 105. The average molecular weight is 1670 g/mol. The van der Waals surface area contributed by atoms with E-state index in [2.05, 4.69) is 22.9 Å². The predicted octanol–water partition coefficient (Wildman–Crippen LogP) is 2.16. The van der Waals surface area contributed by atoms with Crippen LogP contribution in [0.5, 0.6) is 0 Å². The van der Waals surface area contributed by atoms with Gasteiger partial charge in [-0.1, -0.05) is 142 Å². The zero-order valence-electron chi connectivity index (χ0n) is 62.9. The second kappa shape index (κ2) is 55.7. The number of esters is 5. The van der Waals surface area contributed by atoms with Gasteiger partial charge in [0.1, 0.15) is 98.0 Å². The molecule has 22 atom stereocenters. The second-order valence-corrected chi connectivity index (χ2v) is 32.5. The summed E-state index contributed by atoms with van der Waals surface area (Å²) in [7, 11) is -21.4. The van der Waals surface area contributed by atoms with Crippen LogP contribution in [0.1, 0.15) is 189 Å². The molecule has 0 aliphatic carbocycles. The molecule has 5 unspecified atom stereocenters. The highest BCUT2D eigenvalue weighted by Gasteiger charge is 2.49. The maximum absolute atomic E-state index is 13.3. The Morgan fingerprint density at radius 1 is 0.367 bits per heavy atom. The SMILES string of the molecule is CCCCCCCCCCCCCC(=O)OCC(CO[C@@H]1O[C@H](CO[C@@H]2O[C@H](COP(=O)(O)OC[C@H](COP(=O)(O)OC[C@H](COP(=O)(O)OC[C@H](COP(=O)(O)OC[C@@H](O)CO)OC(=O)[C@@H](C)N)OC(=O)[C@@H](C)N)OC(=O)[C@@H](C)N)[C@@H](O)[C@H](O)[C@H]2O)[C@@H](O)[C@H](O)[C@H]1O)OC(=O)CCCCCCCCCCCCC. The van der Waals surface area contributed by atoms with Crippen LogP contribution in [0.25, 0.3) is 0 Å². The van der Waals surface area contributed by atoms with Crippen LogP contribution in [0.4, 0.5) is 0 Å². The van der Waals surface area contributed by atoms with Gasteiger partial charge in [-0.3, -0.25) is 60.2 Å². The molecule has 41 nitrogen and oxygen atoms in total. The van der Waals surface area contributed by atoms with E-state index >= 15 is 0 Å². The fourth-order valence-electron chi connectivity index (χ4n) is 10.0. The van der Waals surface area contributed by atoms with Crippen LogP contribution in [0.3, 0.4) is 0 Å². The molecule has 2 fully saturated rings. The molecule has 642 valence electrons. The molecule has 109 heavy (non-hydrogen) atoms. The highest BCUT2D eigenvalue weighted by molar-refractivity contribution is 7.48. The zero-order valence-corrected chi connectivity index (χ0v) is 66.4. The van der Waals surface area contributed by atoms with Crippen LogP contribution in [0.15, 0.2) is 0 Å². The molecule has 0 aromatic heterocycles. The van der Waals surface area contributed by atoms with Crippen molar-refractivity contribution in [3.05, 3.63) is 0 Å².